The van der Waals surface area contributed by atoms with Gasteiger partial charge in [0.15, 0.2) is 0 Å². The highest BCUT2D eigenvalue weighted by Crippen LogP contribution is 2.12. The second-order valence-electron chi connectivity index (χ2n) is 5.12. The number of ether oxygens (including phenoxy) is 1. The van der Waals surface area contributed by atoms with Crippen molar-refractivity contribution in [2.45, 2.75) is 6.42 Å². The minimum absolute atomic E-state index is 0.834. The minimum atomic E-state index is 0.834. The fourth-order valence-electron chi connectivity index (χ4n) is 2.50. The molecule has 0 radical (unpaired) electrons. The van der Waals surface area contributed by atoms with Gasteiger partial charge in [-0.15, -0.1) is 0 Å². The van der Waals surface area contributed by atoms with Crippen molar-refractivity contribution >= 4 is 5.69 Å². The number of piperazine rings is 1. The summed E-state index contributed by atoms with van der Waals surface area (Å²) in [7, 11) is 1.76. The molecule has 0 amide bonds. The number of benzene rings is 1. The van der Waals surface area contributed by atoms with Crippen molar-refractivity contribution in [2.75, 3.05) is 58.7 Å². The summed E-state index contributed by atoms with van der Waals surface area (Å²) in [5.41, 5.74) is 8.16. The standard InChI is InChI=1S/C15H25N3O/c1-19-13-12-18-10-8-17(9-11-18)7-6-14-4-2-3-5-15(14)16/h2-5H,6-13,16H2,1H3. The van der Waals surface area contributed by atoms with Gasteiger partial charge >= 0.3 is 0 Å². The summed E-state index contributed by atoms with van der Waals surface area (Å²) < 4.78 is 5.12. The number of nitrogen functional groups attached to an aromatic ring is 1. The van der Waals surface area contributed by atoms with E-state index in [-0.39, 0.29) is 0 Å². The summed E-state index contributed by atoms with van der Waals surface area (Å²) in [4.78, 5) is 4.99. The zero-order valence-corrected chi connectivity index (χ0v) is 11.8. The largest absolute Gasteiger partial charge is 0.399 e. The molecule has 0 atom stereocenters. The summed E-state index contributed by atoms with van der Waals surface area (Å²) in [6.07, 6.45) is 1.05. The Morgan fingerprint density at radius 3 is 2.32 bits per heavy atom. The van der Waals surface area contributed by atoms with E-state index in [1.807, 2.05) is 12.1 Å². The number of hydrogen-bond donors (Lipinski definition) is 1. The van der Waals surface area contributed by atoms with Gasteiger partial charge in [0.05, 0.1) is 6.61 Å². The van der Waals surface area contributed by atoms with Crippen LogP contribution in [-0.2, 0) is 11.2 Å². The predicted molar refractivity (Wildman–Crippen MR) is 79.3 cm³/mol. The van der Waals surface area contributed by atoms with Crippen LogP contribution < -0.4 is 5.73 Å². The molecule has 4 nitrogen and oxygen atoms in total. The Labute approximate surface area is 116 Å². The van der Waals surface area contributed by atoms with Crippen molar-refractivity contribution in [3.63, 3.8) is 0 Å². The molecule has 4 heteroatoms. The second kappa shape index (κ2) is 7.48. The van der Waals surface area contributed by atoms with Crippen LogP contribution in [0, 0.1) is 0 Å². The van der Waals surface area contributed by atoms with E-state index in [0.29, 0.717) is 0 Å². The van der Waals surface area contributed by atoms with E-state index < -0.39 is 0 Å². The Hall–Kier alpha value is -1.10. The van der Waals surface area contributed by atoms with Crippen molar-refractivity contribution in [1.29, 1.82) is 0 Å². The van der Waals surface area contributed by atoms with Gasteiger partial charge in [-0.2, -0.15) is 0 Å². The third-order valence-corrected chi connectivity index (χ3v) is 3.83. The van der Waals surface area contributed by atoms with Crippen LogP contribution in [0.5, 0.6) is 0 Å². The lowest BCUT2D eigenvalue weighted by molar-refractivity contribution is 0.0976. The van der Waals surface area contributed by atoms with Crippen molar-refractivity contribution in [1.82, 2.24) is 9.80 Å². The maximum absolute atomic E-state index is 5.97. The fourth-order valence-corrected chi connectivity index (χ4v) is 2.50. The molecule has 19 heavy (non-hydrogen) atoms. The van der Waals surface area contributed by atoms with E-state index in [1.54, 1.807) is 7.11 Å². The van der Waals surface area contributed by atoms with Crippen molar-refractivity contribution < 1.29 is 4.74 Å². The molecule has 1 heterocycles. The molecule has 2 N–H and O–H groups in total. The van der Waals surface area contributed by atoms with Gasteiger partial charge in [-0.25, -0.2) is 0 Å². The lowest BCUT2D eigenvalue weighted by atomic mass is 10.1. The van der Waals surface area contributed by atoms with Gasteiger partial charge in [0.2, 0.25) is 0 Å². The van der Waals surface area contributed by atoms with E-state index in [1.165, 1.54) is 5.56 Å². The average Bonchev–Trinajstić information content (AvgIpc) is 2.45. The molecule has 1 saturated heterocycles. The molecule has 1 fully saturated rings. The van der Waals surface area contributed by atoms with Gasteiger partial charge in [-0.1, -0.05) is 18.2 Å². The molecule has 1 aromatic carbocycles. The molecule has 0 spiro atoms. The third kappa shape index (κ3) is 4.49. The number of nitrogens with two attached hydrogens (primary N) is 1. The average molecular weight is 263 g/mol. The number of methoxy groups -OCH3 is 1. The summed E-state index contributed by atoms with van der Waals surface area (Å²) in [6, 6.07) is 8.17. The monoisotopic (exact) mass is 263 g/mol. The molecule has 0 aliphatic carbocycles. The van der Waals surface area contributed by atoms with E-state index in [9.17, 15) is 0 Å². The van der Waals surface area contributed by atoms with Gasteiger partial charge < -0.3 is 15.4 Å². The topological polar surface area (TPSA) is 41.7 Å². The smallest absolute Gasteiger partial charge is 0.0589 e. The zero-order chi connectivity index (χ0) is 13.5. The Morgan fingerprint density at radius 1 is 1.05 bits per heavy atom. The van der Waals surface area contributed by atoms with Crippen LogP contribution >= 0.6 is 0 Å². The van der Waals surface area contributed by atoms with E-state index in [2.05, 4.69) is 21.9 Å². The van der Waals surface area contributed by atoms with Gasteiger partial charge in [0.25, 0.3) is 0 Å². The first-order chi connectivity index (χ1) is 9.29. The molecular weight excluding hydrogens is 238 g/mol. The molecule has 0 aromatic heterocycles. The molecule has 0 saturated carbocycles. The van der Waals surface area contributed by atoms with Crippen LogP contribution in [0.2, 0.25) is 0 Å². The maximum Gasteiger partial charge on any atom is 0.0589 e. The van der Waals surface area contributed by atoms with Gasteiger partial charge in [0.1, 0.15) is 0 Å². The molecule has 0 unspecified atom stereocenters. The van der Waals surface area contributed by atoms with Crippen molar-refractivity contribution in [2.24, 2.45) is 0 Å². The lowest BCUT2D eigenvalue weighted by Crippen LogP contribution is -2.47. The Kier molecular flexibility index (Phi) is 5.63. The van der Waals surface area contributed by atoms with Gasteiger partial charge in [-0.3, -0.25) is 4.90 Å². The number of nitrogens with zero attached hydrogens (tertiary/aromatic N) is 2. The van der Waals surface area contributed by atoms with Gasteiger partial charge in [0, 0.05) is 52.1 Å². The summed E-state index contributed by atoms with van der Waals surface area (Å²) >= 11 is 0. The second-order valence-corrected chi connectivity index (χ2v) is 5.12. The number of hydrogen-bond acceptors (Lipinski definition) is 4. The first-order valence-electron chi connectivity index (χ1n) is 7.06. The molecule has 0 bridgehead atoms. The molecule has 1 aliphatic heterocycles. The lowest BCUT2D eigenvalue weighted by Gasteiger charge is -2.34. The molecule has 2 rings (SSSR count). The highest BCUT2D eigenvalue weighted by Gasteiger charge is 2.16. The van der Waals surface area contributed by atoms with Crippen LogP contribution in [0.3, 0.4) is 0 Å². The predicted octanol–water partition coefficient (Wildman–Crippen LogP) is 1.08. The number of anilines is 1. The molecule has 1 aromatic rings. The fraction of sp³-hybridized carbons (Fsp3) is 0.600. The van der Waals surface area contributed by atoms with E-state index in [4.69, 9.17) is 10.5 Å². The van der Waals surface area contributed by atoms with Crippen molar-refractivity contribution in [3.05, 3.63) is 29.8 Å². The highest BCUT2D eigenvalue weighted by molar-refractivity contribution is 5.46. The SMILES string of the molecule is COCCN1CCN(CCc2ccccc2N)CC1. The summed E-state index contributed by atoms with van der Waals surface area (Å²) in [6.45, 7) is 7.58. The van der Waals surface area contributed by atoms with E-state index >= 15 is 0 Å². The zero-order valence-electron chi connectivity index (χ0n) is 11.8. The first-order valence-corrected chi connectivity index (χ1v) is 7.06. The summed E-state index contributed by atoms with van der Waals surface area (Å²) in [5.74, 6) is 0. The quantitative estimate of drug-likeness (QED) is 0.780. The van der Waals surface area contributed by atoms with Crippen molar-refractivity contribution in [3.8, 4) is 0 Å². The van der Waals surface area contributed by atoms with Crippen LogP contribution in [-0.4, -0.2) is 62.8 Å². The Morgan fingerprint density at radius 2 is 1.68 bits per heavy atom. The van der Waals surface area contributed by atoms with Crippen LogP contribution in [0.4, 0.5) is 5.69 Å². The molecular formula is C15H25N3O. The molecule has 1 aliphatic rings. The van der Waals surface area contributed by atoms with Crippen LogP contribution in [0.1, 0.15) is 5.56 Å². The minimum Gasteiger partial charge on any atom is -0.399 e. The summed E-state index contributed by atoms with van der Waals surface area (Å²) in [5, 5.41) is 0. The Bertz CT molecular complexity index is 375. The van der Waals surface area contributed by atoms with Gasteiger partial charge in [-0.05, 0) is 18.1 Å². The first kappa shape index (κ1) is 14.3. The molecule has 106 valence electrons. The van der Waals surface area contributed by atoms with E-state index in [0.717, 1.165) is 58.0 Å². The number of rotatable bonds is 6. The Balaban J connectivity index is 1.70. The van der Waals surface area contributed by atoms with Crippen LogP contribution in [0.25, 0.3) is 0 Å². The third-order valence-electron chi connectivity index (χ3n) is 3.83. The normalized spacial score (nSPS) is 17.7. The van der Waals surface area contributed by atoms with Crippen LogP contribution in [0.15, 0.2) is 24.3 Å². The maximum atomic E-state index is 5.97. The highest BCUT2D eigenvalue weighted by atomic mass is 16.5. The number of para-hydroxylation sites is 1.